The van der Waals surface area contributed by atoms with Crippen LogP contribution in [0.2, 0.25) is 0 Å². The Kier molecular flexibility index (Phi) is 18.6. The third-order valence-electron chi connectivity index (χ3n) is 4.52. The van der Waals surface area contributed by atoms with Crippen LogP contribution in [0.1, 0.15) is 117 Å². The summed E-state index contributed by atoms with van der Waals surface area (Å²) < 4.78 is 0. The first-order valence-corrected chi connectivity index (χ1v) is 10.3. The van der Waals surface area contributed by atoms with Crippen LogP contribution in [0.15, 0.2) is 12.2 Å². The van der Waals surface area contributed by atoms with E-state index in [4.69, 9.17) is 0 Å². The minimum atomic E-state index is 0.782. The van der Waals surface area contributed by atoms with Crippen LogP contribution < -0.4 is 0 Å². The molecule has 131 valence electrons. The minimum absolute atomic E-state index is 0.782. The van der Waals surface area contributed by atoms with Gasteiger partial charge in [0.1, 0.15) is 0 Å². The number of rotatable bonds is 17. The van der Waals surface area contributed by atoms with Gasteiger partial charge >= 0.3 is 0 Å². The maximum atomic E-state index is 2.49. The van der Waals surface area contributed by atoms with Gasteiger partial charge in [-0.1, -0.05) is 110 Å². The lowest BCUT2D eigenvalue weighted by molar-refractivity contribution is 0.557. The SMILES string of the molecule is CCCC[CH]CCCCCC(C)C=CCCCCCCCC. The van der Waals surface area contributed by atoms with Gasteiger partial charge in [-0.25, -0.2) is 0 Å². The van der Waals surface area contributed by atoms with Crippen molar-refractivity contribution in [3.05, 3.63) is 18.6 Å². The summed E-state index contributed by atoms with van der Waals surface area (Å²) in [5, 5.41) is 0. The van der Waals surface area contributed by atoms with Gasteiger partial charge in [0.25, 0.3) is 0 Å². The molecule has 0 saturated carbocycles. The number of hydrogen-bond donors (Lipinski definition) is 0. The highest BCUT2D eigenvalue weighted by atomic mass is 14.0. The Bertz CT molecular complexity index is 216. The molecule has 1 radical (unpaired) electrons. The number of allylic oxidation sites excluding steroid dienone is 2. The van der Waals surface area contributed by atoms with Gasteiger partial charge in [-0.3, -0.25) is 0 Å². The van der Waals surface area contributed by atoms with Crippen molar-refractivity contribution in [3.63, 3.8) is 0 Å². The molecule has 0 bridgehead atoms. The third-order valence-corrected chi connectivity index (χ3v) is 4.52. The van der Waals surface area contributed by atoms with Crippen molar-refractivity contribution in [1.82, 2.24) is 0 Å². The molecule has 0 aromatic heterocycles. The van der Waals surface area contributed by atoms with Gasteiger partial charge in [0.2, 0.25) is 0 Å². The smallest absolute Gasteiger partial charge is 0.0262 e. The molecule has 0 aromatic rings. The second kappa shape index (κ2) is 18.8. The zero-order chi connectivity index (χ0) is 16.3. The summed E-state index contributed by atoms with van der Waals surface area (Å²) in [5.41, 5.74) is 0. The van der Waals surface area contributed by atoms with Crippen molar-refractivity contribution in [2.75, 3.05) is 0 Å². The van der Waals surface area contributed by atoms with E-state index in [-0.39, 0.29) is 0 Å². The molecular weight excluding hydrogens is 264 g/mol. The molecule has 0 amide bonds. The monoisotopic (exact) mass is 307 g/mol. The fourth-order valence-electron chi connectivity index (χ4n) is 2.89. The van der Waals surface area contributed by atoms with Crippen molar-refractivity contribution in [3.8, 4) is 0 Å². The normalized spacial score (nSPS) is 13.0. The molecule has 0 saturated heterocycles. The molecule has 0 aliphatic carbocycles. The van der Waals surface area contributed by atoms with E-state index in [9.17, 15) is 0 Å². The first-order chi connectivity index (χ1) is 10.8. The Morgan fingerprint density at radius 3 is 2.00 bits per heavy atom. The average Bonchev–Trinajstić information content (AvgIpc) is 2.52. The Morgan fingerprint density at radius 2 is 1.23 bits per heavy atom. The van der Waals surface area contributed by atoms with Gasteiger partial charge < -0.3 is 0 Å². The third kappa shape index (κ3) is 17.8. The molecule has 0 aromatic carbocycles. The van der Waals surface area contributed by atoms with E-state index >= 15 is 0 Å². The van der Waals surface area contributed by atoms with Crippen LogP contribution in [0.3, 0.4) is 0 Å². The van der Waals surface area contributed by atoms with Crippen LogP contribution in [-0.4, -0.2) is 0 Å². The molecule has 1 unspecified atom stereocenters. The molecular formula is C22H43. The van der Waals surface area contributed by atoms with E-state index in [2.05, 4.69) is 39.3 Å². The zero-order valence-corrected chi connectivity index (χ0v) is 15.9. The Morgan fingerprint density at radius 1 is 0.636 bits per heavy atom. The highest BCUT2D eigenvalue weighted by Gasteiger charge is 1.97. The molecule has 0 spiro atoms. The Hall–Kier alpha value is -0.260. The summed E-state index contributed by atoms with van der Waals surface area (Å²) in [4.78, 5) is 0. The van der Waals surface area contributed by atoms with E-state index in [0.717, 1.165) is 5.92 Å². The van der Waals surface area contributed by atoms with Gasteiger partial charge in [0, 0.05) is 0 Å². The zero-order valence-electron chi connectivity index (χ0n) is 15.9. The standard InChI is InChI=1S/C22H43/c1-4-6-8-10-12-14-16-18-20-22(3)21-19-17-15-13-11-9-7-5-2/h10,19,21-22H,4-9,11-18,20H2,1-3H3. The molecule has 22 heavy (non-hydrogen) atoms. The van der Waals surface area contributed by atoms with Crippen LogP contribution in [0.5, 0.6) is 0 Å². The van der Waals surface area contributed by atoms with Crippen LogP contribution in [0.25, 0.3) is 0 Å². The average molecular weight is 308 g/mol. The number of unbranched alkanes of at least 4 members (excludes halogenated alkanes) is 13. The second-order valence-corrected chi connectivity index (χ2v) is 7.03. The van der Waals surface area contributed by atoms with Crippen molar-refractivity contribution in [2.45, 2.75) is 117 Å². The molecule has 0 heterocycles. The maximum Gasteiger partial charge on any atom is -0.0262 e. The van der Waals surface area contributed by atoms with E-state index in [1.165, 1.54) is 96.3 Å². The van der Waals surface area contributed by atoms with Gasteiger partial charge in [-0.2, -0.15) is 0 Å². The molecule has 0 nitrogen and oxygen atoms in total. The molecule has 0 rings (SSSR count). The van der Waals surface area contributed by atoms with Crippen LogP contribution >= 0.6 is 0 Å². The van der Waals surface area contributed by atoms with E-state index in [0.29, 0.717) is 0 Å². The predicted molar refractivity (Wildman–Crippen MR) is 103 cm³/mol. The molecule has 0 aliphatic heterocycles. The lowest BCUT2D eigenvalue weighted by Gasteiger charge is -2.06. The first kappa shape index (κ1) is 21.7. The van der Waals surface area contributed by atoms with Crippen molar-refractivity contribution < 1.29 is 0 Å². The van der Waals surface area contributed by atoms with E-state index in [1.54, 1.807) is 0 Å². The van der Waals surface area contributed by atoms with Crippen LogP contribution in [-0.2, 0) is 0 Å². The summed E-state index contributed by atoms with van der Waals surface area (Å²) in [7, 11) is 0. The van der Waals surface area contributed by atoms with Gasteiger partial charge in [0.05, 0.1) is 0 Å². The van der Waals surface area contributed by atoms with Gasteiger partial charge in [0.15, 0.2) is 0 Å². The summed E-state index contributed by atoms with van der Waals surface area (Å²) in [6.45, 7) is 6.94. The maximum absolute atomic E-state index is 2.49. The topological polar surface area (TPSA) is 0 Å². The summed E-state index contributed by atoms with van der Waals surface area (Å²) >= 11 is 0. The summed E-state index contributed by atoms with van der Waals surface area (Å²) in [6, 6.07) is 0. The largest absolute Gasteiger partial charge is 0.0883 e. The highest BCUT2D eigenvalue weighted by Crippen LogP contribution is 2.14. The highest BCUT2D eigenvalue weighted by molar-refractivity contribution is 4.86. The van der Waals surface area contributed by atoms with E-state index in [1.807, 2.05) is 0 Å². The van der Waals surface area contributed by atoms with Crippen molar-refractivity contribution >= 4 is 0 Å². The van der Waals surface area contributed by atoms with Crippen molar-refractivity contribution in [2.24, 2.45) is 5.92 Å². The Labute approximate surface area is 142 Å². The van der Waals surface area contributed by atoms with Crippen LogP contribution in [0, 0.1) is 12.3 Å². The fraction of sp³-hybridized carbons (Fsp3) is 0.864. The second-order valence-electron chi connectivity index (χ2n) is 7.03. The number of hydrogen-bond acceptors (Lipinski definition) is 0. The molecule has 0 N–H and O–H groups in total. The molecule has 1 atom stereocenters. The molecule has 0 aliphatic rings. The lowest BCUT2D eigenvalue weighted by Crippen LogP contribution is -1.90. The van der Waals surface area contributed by atoms with E-state index < -0.39 is 0 Å². The summed E-state index contributed by atoms with van der Waals surface area (Å²) in [5.74, 6) is 0.782. The fourth-order valence-corrected chi connectivity index (χ4v) is 2.89. The predicted octanol–water partition coefficient (Wildman–Crippen LogP) is 8.27. The van der Waals surface area contributed by atoms with Crippen LogP contribution in [0.4, 0.5) is 0 Å². The minimum Gasteiger partial charge on any atom is -0.0883 e. The van der Waals surface area contributed by atoms with Crippen molar-refractivity contribution in [1.29, 1.82) is 0 Å². The first-order valence-electron chi connectivity index (χ1n) is 10.3. The Balaban J connectivity index is 3.24. The quantitative estimate of drug-likeness (QED) is 0.187. The van der Waals surface area contributed by atoms with Gasteiger partial charge in [-0.05, 0) is 31.6 Å². The lowest BCUT2D eigenvalue weighted by atomic mass is 10.0. The molecule has 0 heteroatoms. The summed E-state index contributed by atoms with van der Waals surface area (Å²) in [6.07, 6.45) is 28.1. The van der Waals surface area contributed by atoms with Gasteiger partial charge in [-0.15, -0.1) is 0 Å². The molecule has 0 fully saturated rings.